The summed E-state index contributed by atoms with van der Waals surface area (Å²) in [7, 11) is 1.42. The van der Waals surface area contributed by atoms with Crippen molar-refractivity contribution in [2.75, 3.05) is 33.4 Å². The minimum absolute atomic E-state index is 0.0177. The van der Waals surface area contributed by atoms with Gasteiger partial charge in [-0.1, -0.05) is 29.3 Å². The van der Waals surface area contributed by atoms with Crippen LogP contribution in [-0.4, -0.2) is 44.2 Å². The normalized spacial score (nSPS) is 19.1. The second-order valence-electron chi connectivity index (χ2n) is 5.37. The second kappa shape index (κ2) is 8.73. The molecule has 0 unspecified atom stereocenters. The zero-order chi connectivity index (χ0) is 15.9. The van der Waals surface area contributed by atoms with E-state index in [-0.39, 0.29) is 12.1 Å². The smallest absolute Gasteiger partial charge is 0.305 e. The number of nitrogens with zero attached hydrogens (tertiary/aromatic N) is 1. The van der Waals surface area contributed by atoms with Crippen LogP contribution in [0.25, 0.3) is 0 Å². The number of carbonyl (C=O) groups is 1. The van der Waals surface area contributed by atoms with Gasteiger partial charge in [0.05, 0.1) is 29.9 Å². The molecule has 1 atom stereocenters. The maximum Gasteiger partial charge on any atom is 0.305 e. The van der Waals surface area contributed by atoms with Crippen molar-refractivity contribution in [3.8, 4) is 0 Å². The van der Waals surface area contributed by atoms with Crippen molar-refractivity contribution in [3.63, 3.8) is 0 Å². The minimum Gasteiger partial charge on any atom is -0.469 e. The van der Waals surface area contributed by atoms with E-state index >= 15 is 0 Å². The van der Waals surface area contributed by atoms with Crippen molar-refractivity contribution in [2.24, 2.45) is 0 Å². The van der Waals surface area contributed by atoms with Gasteiger partial charge < -0.3 is 9.47 Å². The monoisotopic (exact) mass is 345 g/mol. The van der Waals surface area contributed by atoms with Crippen LogP contribution in [0, 0.1) is 0 Å². The average Bonchev–Trinajstić information content (AvgIpc) is 2.54. The standard InChI is InChI=1S/C16H21Cl2NO3/c1-21-16(20)4-2-3-7-19-8-9-22-15(11-19)12-5-6-13(17)14(18)10-12/h5-6,10,15H,2-4,7-9,11H2,1H3/t15-/m1/s1. The Bertz CT molecular complexity index is 510. The van der Waals surface area contributed by atoms with Gasteiger partial charge in [0.2, 0.25) is 0 Å². The summed E-state index contributed by atoms with van der Waals surface area (Å²) in [5.74, 6) is -0.143. The Balaban J connectivity index is 1.81. The largest absolute Gasteiger partial charge is 0.469 e. The number of benzene rings is 1. The number of hydrogen-bond acceptors (Lipinski definition) is 4. The molecule has 2 rings (SSSR count). The van der Waals surface area contributed by atoms with Crippen LogP contribution in [0.15, 0.2) is 18.2 Å². The molecule has 1 aromatic rings. The zero-order valence-electron chi connectivity index (χ0n) is 12.7. The molecule has 0 saturated carbocycles. The first-order chi connectivity index (χ1) is 10.6. The molecule has 1 fully saturated rings. The first-order valence-electron chi connectivity index (χ1n) is 7.46. The summed E-state index contributed by atoms with van der Waals surface area (Å²) in [5, 5.41) is 1.11. The van der Waals surface area contributed by atoms with Crippen molar-refractivity contribution in [1.82, 2.24) is 4.90 Å². The summed E-state index contributed by atoms with van der Waals surface area (Å²) in [4.78, 5) is 13.4. The summed E-state index contributed by atoms with van der Waals surface area (Å²) < 4.78 is 10.5. The Labute approximate surface area is 141 Å². The average molecular weight is 346 g/mol. The zero-order valence-corrected chi connectivity index (χ0v) is 14.2. The third-order valence-electron chi connectivity index (χ3n) is 3.80. The van der Waals surface area contributed by atoms with Crippen molar-refractivity contribution < 1.29 is 14.3 Å². The Hall–Kier alpha value is -0.810. The van der Waals surface area contributed by atoms with Crippen LogP contribution in [0.2, 0.25) is 10.0 Å². The van der Waals surface area contributed by atoms with Crippen LogP contribution in [-0.2, 0) is 14.3 Å². The Morgan fingerprint density at radius 1 is 1.36 bits per heavy atom. The maximum absolute atomic E-state index is 11.1. The second-order valence-corrected chi connectivity index (χ2v) is 6.18. The number of morpholine rings is 1. The van der Waals surface area contributed by atoms with E-state index in [1.54, 1.807) is 6.07 Å². The van der Waals surface area contributed by atoms with Gasteiger partial charge in [0.25, 0.3) is 0 Å². The minimum atomic E-state index is -0.143. The number of carbonyl (C=O) groups excluding carboxylic acids is 1. The molecule has 1 saturated heterocycles. The fourth-order valence-corrected chi connectivity index (χ4v) is 2.83. The molecular formula is C16H21Cl2NO3. The lowest BCUT2D eigenvalue weighted by Crippen LogP contribution is -2.38. The van der Waals surface area contributed by atoms with Gasteiger partial charge in [0, 0.05) is 19.5 Å². The Morgan fingerprint density at radius 3 is 2.91 bits per heavy atom. The molecule has 1 aliphatic rings. The molecule has 0 aliphatic carbocycles. The lowest BCUT2D eigenvalue weighted by Gasteiger charge is -2.33. The first kappa shape index (κ1) is 17.5. The lowest BCUT2D eigenvalue weighted by atomic mass is 10.1. The van der Waals surface area contributed by atoms with Gasteiger partial charge in [0.15, 0.2) is 0 Å². The van der Waals surface area contributed by atoms with Crippen LogP contribution in [0.1, 0.15) is 30.9 Å². The van der Waals surface area contributed by atoms with Gasteiger partial charge >= 0.3 is 5.97 Å². The van der Waals surface area contributed by atoms with Crippen LogP contribution < -0.4 is 0 Å². The van der Waals surface area contributed by atoms with E-state index in [9.17, 15) is 4.79 Å². The number of hydrogen-bond donors (Lipinski definition) is 0. The fourth-order valence-electron chi connectivity index (χ4n) is 2.53. The Morgan fingerprint density at radius 2 is 2.18 bits per heavy atom. The van der Waals surface area contributed by atoms with E-state index in [0.29, 0.717) is 23.1 Å². The highest BCUT2D eigenvalue weighted by Crippen LogP contribution is 2.29. The van der Waals surface area contributed by atoms with Gasteiger partial charge in [0.1, 0.15) is 0 Å². The summed E-state index contributed by atoms with van der Waals surface area (Å²) in [5.41, 5.74) is 1.05. The van der Waals surface area contributed by atoms with Crippen LogP contribution in [0.5, 0.6) is 0 Å². The molecule has 1 aliphatic heterocycles. The molecule has 0 radical (unpaired) electrons. The van der Waals surface area contributed by atoms with Crippen molar-refractivity contribution in [1.29, 1.82) is 0 Å². The number of esters is 1. The van der Waals surface area contributed by atoms with E-state index in [1.165, 1.54) is 7.11 Å². The first-order valence-corrected chi connectivity index (χ1v) is 8.21. The predicted octanol–water partition coefficient (Wildman–Crippen LogP) is 3.71. The number of methoxy groups -OCH3 is 1. The van der Waals surface area contributed by atoms with Crippen LogP contribution >= 0.6 is 23.2 Å². The van der Waals surface area contributed by atoms with Gasteiger partial charge in [-0.2, -0.15) is 0 Å². The molecule has 0 N–H and O–H groups in total. The van der Waals surface area contributed by atoms with Crippen molar-refractivity contribution in [3.05, 3.63) is 33.8 Å². The van der Waals surface area contributed by atoms with E-state index in [1.807, 2.05) is 12.1 Å². The molecule has 4 nitrogen and oxygen atoms in total. The molecule has 0 spiro atoms. The molecular weight excluding hydrogens is 325 g/mol. The maximum atomic E-state index is 11.1. The van der Waals surface area contributed by atoms with Crippen LogP contribution in [0.3, 0.4) is 0 Å². The molecule has 0 aromatic heterocycles. The van der Waals surface area contributed by atoms with Crippen LogP contribution in [0.4, 0.5) is 0 Å². The van der Waals surface area contributed by atoms with E-state index in [2.05, 4.69) is 9.64 Å². The van der Waals surface area contributed by atoms with Gasteiger partial charge in [-0.3, -0.25) is 9.69 Å². The quantitative estimate of drug-likeness (QED) is 0.581. The van der Waals surface area contributed by atoms with Gasteiger partial charge in [-0.05, 0) is 37.1 Å². The Kier molecular flexibility index (Phi) is 6.96. The molecule has 1 aromatic carbocycles. The summed E-state index contributed by atoms with van der Waals surface area (Å²) in [6.45, 7) is 3.40. The van der Waals surface area contributed by atoms with Crippen molar-refractivity contribution >= 4 is 29.2 Å². The van der Waals surface area contributed by atoms with Crippen molar-refractivity contribution in [2.45, 2.75) is 25.4 Å². The SMILES string of the molecule is COC(=O)CCCCN1CCO[C@@H](c2ccc(Cl)c(Cl)c2)C1. The predicted molar refractivity (Wildman–Crippen MR) is 87.5 cm³/mol. The molecule has 22 heavy (non-hydrogen) atoms. The summed E-state index contributed by atoms with van der Waals surface area (Å²) in [6, 6.07) is 5.63. The number of ether oxygens (including phenoxy) is 2. The number of rotatable bonds is 6. The molecule has 0 bridgehead atoms. The van der Waals surface area contributed by atoms with Gasteiger partial charge in [-0.15, -0.1) is 0 Å². The number of unbranched alkanes of at least 4 members (excludes halogenated alkanes) is 1. The molecule has 1 heterocycles. The molecule has 0 amide bonds. The molecule has 6 heteroatoms. The molecule has 122 valence electrons. The summed E-state index contributed by atoms with van der Waals surface area (Å²) in [6.07, 6.45) is 2.32. The highest BCUT2D eigenvalue weighted by atomic mass is 35.5. The highest BCUT2D eigenvalue weighted by Gasteiger charge is 2.22. The third kappa shape index (κ3) is 5.13. The highest BCUT2D eigenvalue weighted by molar-refractivity contribution is 6.42. The van der Waals surface area contributed by atoms with E-state index in [0.717, 1.165) is 38.0 Å². The van der Waals surface area contributed by atoms with Gasteiger partial charge in [-0.25, -0.2) is 0 Å². The van der Waals surface area contributed by atoms with E-state index in [4.69, 9.17) is 27.9 Å². The summed E-state index contributed by atoms with van der Waals surface area (Å²) >= 11 is 12.0. The van der Waals surface area contributed by atoms with E-state index < -0.39 is 0 Å². The third-order valence-corrected chi connectivity index (χ3v) is 4.54. The fraction of sp³-hybridized carbons (Fsp3) is 0.562. The lowest BCUT2D eigenvalue weighted by molar-refractivity contribution is -0.140. The number of halogens is 2. The topological polar surface area (TPSA) is 38.8 Å².